The fraction of sp³-hybridized carbons (Fsp3) is 0.219. The molecule has 1 N–H and O–H groups in total. The van der Waals surface area contributed by atoms with Crippen molar-refractivity contribution in [3.05, 3.63) is 119 Å². The first kappa shape index (κ1) is 26.8. The zero-order valence-electron chi connectivity index (χ0n) is 21.8. The van der Waals surface area contributed by atoms with Crippen molar-refractivity contribution in [1.29, 1.82) is 0 Å². The number of methoxy groups -OCH3 is 2. The molecule has 4 rings (SSSR count). The molecule has 0 fully saturated rings. The number of Topliss-reactive ketones (excluding diaryl/α,β-unsaturated/α-hetero) is 1. The molecular formula is C32H33NO5. The van der Waals surface area contributed by atoms with E-state index in [0.717, 1.165) is 23.1 Å². The molecule has 38 heavy (non-hydrogen) atoms. The minimum absolute atomic E-state index is 0.0171. The van der Waals surface area contributed by atoms with Crippen molar-refractivity contribution >= 4 is 5.78 Å². The monoisotopic (exact) mass is 511 g/mol. The molecule has 0 unspecified atom stereocenters. The Morgan fingerprint density at radius 1 is 0.632 bits per heavy atom. The maximum absolute atomic E-state index is 13.0. The second kappa shape index (κ2) is 13.9. The fourth-order valence-corrected chi connectivity index (χ4v) is 3.96. The lowest BCUT2D eigenvalue weighted by Crippen LogP contribution is -2.25. The van der Waals surface area contributed by atoms with Crippen molar-refractivity contribution in [3.63, 3.8) is 0 Å². The van der Waals surface area contributed by atoms with Gasteiger partial charge in [0.2, 0.25) is 0 Å². The van der Waals surface area contributed by atoms with Crippen molar-refractivity contribution in [2.75, 3.05) is 27.3 Å². The summed E-state index contributed by atoms with van der Waals surface area (Å²) in [4.78, 5) is 13.0. The zero-order chi connectivity index (χ0) is 26.6. The largest absolute Gasteiger partial charge is 0.493 e. The number of hydrogen-bond donors (Lipinski definition) is 1. The number of hydrogen-bond acceptors (Lipinski definition) is 6. The summed E-state index contributed by atoms with van der Waals surface area (Å²) in [6.07, 6.45) is 0.755. The number of ketones is 1. The predicted molar refractivity (Wildman–Crippen MR) is 148 cm³/mol. The van der Waals surface area contributed by atoms with Gasteiger partial charge in [-0.1, -0.05) is 66.7 Å². The topological polar surface area (TPSA) is 66.0 Å². The van der Waals surface area contributed by atoms with Crippen LogP contribution in [0.15, 0.2) is 97.1 Å². The Morgan fingerprint density at radius 3 is 1.87 bits per heavy atom. The summed E-state index contributed by atoms with van der Waals surface area (Å²) in [6.45, 7) is 1.66. The maximum atomic E-state index is 13.0. The summed E-state index contributed by atoms with van der Waals surface area (Å²) in [5, 5.41) is 3.24. The number of nitrogens with one attached hydrogen (secondary N) is 1. The molecule has 0 aromatic heterocycles. The van der Waals surface area contributed by atoms with Crippen molar-refractivity contribution in [2.24, 2.45) is 0 Å². The Hall–Kier alpha value is -4.29. The third-order valence-electron chi connectivity index (χ3n) is 6.06. The van der Waals surface area contributed by atoms with E-state index < -0.39 is 0 Å². The average Bonchev–Trinajstić information content (AvgIpc) is 2.98. The standard InChI is InChI=1S/C32H33NO5/c1-35-29-15-13-24(19-31(29)36-2)17-18-33-21-28(34)27-14-16-30(37-22-25-9-5-3-6-10-25)32(20-27)38-23-26-11-7-4-8-12-26/h3-16,19-20,33H,17-18,21-23H2,1-2H3. The second-order valence-corrected chi connectivity index (χ2v) is 8.75. The first-order chi connectivity index (χ1) is 18.7. The number of benzene rings is 4. The van der Waals surface area contributed by atoms with Crippen LogP contribution in [0.1, 0.15) is 27.0 Å². The summed E-state index contributed by atoms with van der Waals surface area (Å²) in [5.41, 5.74) is 3.76. The Morgan fingerprint density at radius 2 is 1.24 bits per heavy atom. The van der Waals surface area contributed by atoms with Gasteiger partial charge in [-0.05, 0) is 60.0 Å². The SMILES string of the molecule is COc1ccc(CCNCC(=O)c2ccc(OCc3ccccc3)c(OCc3ccccc3)c2)cc1OC. The summed E-state index contributed by atoms with van der Waals surface area (Å²) >= 11 is 0. The Kier molecular flexibility index (Phi) is 9.76. The lowest BCUT2D eigenvalue weighted by molar-refractivity contribution is 0.0990. The zero-order valence-corrected chi connectivity index (χ0v) is 21.8. The van der Waals surface area contributed by atoms with E-state index in [4.69, 9.17) is 18.9 Å². The third-order valence-corrected chi connectivity index (χ3v) is 6.06. The van der Waals surface area contributed by atoms with Crippen LogP contribution in [0.25, 0.3) is 0 Å². The lowest BCUT2D eigenvalue weighted by Gasteiger charge is -2.15. The summed E-state index contributed by atoms with van der Waals surface area (Å²) in [5.74, 6) is 2.51. The molecule has 0 saturated carbocycles. The molecule has 0 heterocycles. The highest BCUT2D eigenvalue weighted by Gasteiger charge is 2.13. The van der Waals surface area contributed by atoms with E-state index in [0.29, 0.717) is 48.3 Å². The molecule has 0 bridgehead atoms. The highest BCUT2D eigenvalue weighted by molar-refractivity contribution is 5.98. The van der Waals surface area contributed by atoms with Gasteiger partial charge in [0.05, 0.1) is 20.8 Å². The summed E-state index contributed by atoms with van der Waals surface area (Å²) in [6, 6.07) is 31.1. The van der Waals surface area contributed by atoms with E-state index in [1.165, 1.54) is 0 Å². The van der Waals surface area contributed by atoms with Gasteiger partial charge in [-0.3, -0.25) is 4.79 Å². The van der Waals surface area contributed by atoms with Gasteiger partial charge in [-0.25, -0.2) is 0 Å². The van der Waals surface area contributed by atoms with Crippen LogP contribution in [0.5, 0.6) is 23.0 Å². The third kappa shape index (κ3) is 7.60. The second-order valence-electron chi connectivity index (χ2n) is 8.75. The van der Waals surface area contributed by atoms with Crippen LogP contribution in [0.4, 0.5) is 0 Å². The molecule has 4 aromatic rings. The molecule has 0 aliphatic rings. The molecule has 4 aromatic carbocycles. The van der Waals surface area contributed by atoms with Gasteiger partial charge in [0.25, 0.3) is 0 Å². The molecule has 6 heteroatoms. The van der Waals surface area contributed by atoms with Crippen molar-refractivity contribution < 1.29 is 23.7 Å². The normalized spacial score (nSPS) is 10.6. The van der Waals surface area contributed by atoms with Crippen molar-refractivity contribution in [3.8, 4) is 23.0 Å². The van der Waals surface area contributed by atoms with E-state index >= 15 is 0 Å². The average molecular weight is 512 g/mol. The molecule has 0 atom stereocenters. The maximum Gasteiger partial charge on any atom is 0.176 e. The molecule has 6 nitrogen and oxygen atoms in total. The highest BCUT2D eigenvalue weighted by Crippen LogP contribution is 2.30. The quantitative estimate of drug-likeness (QED) is 0.169. The molecular weight excluding hydrogens is 478 g/mol. The highest BCUT2D eigenvalue weighted by atomic mass is 16.5. The van der Waals surface area contributed by atoms with E-state index in [1.54, 1.807) is 32.4 Å². The van der Waals surface area contributed by atoms with Gasteiger partial charge < -0.3 is 24.3 Å². The number of rotatable bonds is 14. The van der Waals surface area contributed by atoms with E-state index in [1.807, 2.05) is 78.9 Å². The summed E-state index contributed by atoms with van der Waals surface area (Å²) < 4.78 is 22.8. The van der Waals surface area contributed by atoms with Gasteiger partial charge in [0.15, 0.2) is 28.8 Å². The Balaban J connectivity index is 1.37. The molecule has 0 amide bonds. The van der Waals surface area contributed by atoms with Crippen LogP contribution < -0.4 is 24.3 Å². The Bertz CT molecular complexity index is 1310. The van der Waals surface area contributed by atoms with E-state index in [9.17, 15) is 4.79 Å². The van der Waals surface area contributed by atoms with Gasteiger partial charge in [-0.2, -0.15) is 0 Å². The minimum atomic E-state index is -0.0171. The number of ether oxygens (including phenoxy) is 4. The van der Waals surface area contributed by atoms with Crippen LogP contribution in [-0.4, -0.2) is 33.1 Å². The van der Waals surface area contributed by atoms with E-state index in [2.05, 4.69) is 5.32 Å². The lowest BCUT2D eigenvalue weighted by atomic mass is 10.1. The molecule has 0 aliphatic heterocycles. The molecule has 0 saturated heterocycles. The van der Waals surface area contributed by atoms with Crippen molar-refractivity contribution in [2.45, 2.75) is 19.6 Å². The first-order valence-electron chi connectivity index (χ1n) is 12.6. The van der Waals surface area contributed by atoms with Crippen molar-refractivity contribution in [1.82, 2.24) is 5.32 Å². The van der Waals surface area contributed by atoms with Crippen LogP contribution in [0.2, 0.25) is 0 Å². The first-order valence-corrected chi connectivity index (χ1v) is 12.6. The molecule has 196 valence electrons. The van der Waals surface area contributed by atoms with Crippen LogP contribution in [0.3, 0.4) is 0 Å². The van der Waals surface area contributed by atoms with Gasteiger partial charge in [0, 0.05) is 5.56 Å². The van der Waals surface area contributed by atoms with E-state index in [-0.39, 0.29) is 12.3 Å². The van der Waals surface area contributed by atoms with Crippen LogP contribution in [-0.2, 0) is 19.6 Å². The predicted octanol–water partition coefficient (Wildman–Crippen LogP) is 5.88. The van der Waals surface area contributed by atoms with Crippen LogP contribution >= 0.6 is 0 Å². The number of carbonyl (C=O) groups is 1. The molecule has 0 aliphatic carbocycles. The molecule has 0 spiro atoms. The Labute approximate surface area is 224 Å². The minimum Gasteiger partial charge on any atom is -0.493 e. The van der Waals surface area contributed by atoms with Gasteiger partial charge in [-0.15, -0.1) is 0 Å². The molecule has 0 radical (unpaired) electrons. The van der Waals surface area contributed by atoms with Gasteiger partial charge in [0.1, 0.15) is 13.2 Å². The smallest absolute Gasteiger partial charge is 0.176 e. The van der Waals surface area contributed by atoms with Gasteiger partial charge >= 0.3 is 0 Å². The number of carbonyl (C=O) groups excluding carboxylic acids is 1. The van der Waals surface area contributed by atoms with Crippen LogP contribution in [0, 0.1) is 0 Å². The summed E-state index contributed by atoms with van der Waals surface area (Å²) in [7, 11) is 3.24. The fourth-order valence-electron chi connectivity index (χ4n) is 3.96.